The molecule has 0 spiro atoms. The van der Waals surface area contributed by atoms with Crippen LogP contribution in [0.15, 0.2) is 36.4 Å². The fourth-order valence-corrected chi connectivity index (χ4v) is 3.88. The topological polar surface area (TPSA) is 79.5 Å². The van der Waals surface area contributed by atoms with Crippen molar-refractivity contribution in [3.63, 3.8) is 0 Å². The number of aromatic nitrogens is 3. The molecule has 2 heterocycles. The number of rotatable bonds is 5. The number of thiazole rings is 1. The highest BCUT2D eigenvalue weighted by atomic mass is 32.1. The number of benzene rings is 1. The maximum atomic E-state index is 13.0. The Labute approximate surface area is 156 Å². The summed E-state index contributed by atoms with van der Waals surface area (Å²) in [5.74, 6) is -0.641. The van der Waals surface area contributed by atoms with Crippen LogP contribution in [0.4, 0.5) is 0 Å². The normalized spacial score (nSPS) is 11.8. The van der Waals surface area contributed by atoms with Gasteiger partial charge in [0.15, 0.2) is 11.7 Å². The lowest BCUT2D eigenvalue weighted by Gasteiger charge is -2.08. The fourth-order valence-electron chi connectivity index (χ4n) is 2.81. The van der Waals surface area contributed by atoms with Gasteiger partial charge in [-0.25, -0.2) is 15.0 Å². The summed E-state index contributed by atoms with van der Waals surface area (Å²) in [7, 11) is 0. The van der Waals surface area contributed by atoms with Gasteiger partial charge in [0.2, 0.25) is 0 Å². The Morgan fingerprint density at radius 3 is 2.54 bits per heavy atom. The zero-order chi connectivity index (χ0) is 18.7. The summed E-state index contributed by atoms with van der Waals surface area (Å²) in [5.41, 5.74) is 2.99. The molecule has 0 fully saturated rings. The van der Waals surface area contributed by atoms with E-state index in [9.17, 15) is 10.1 Å². The number of hydrogen-bond donors (Lipinski definition) is 0. The van der Waals surface area contributed by atoms with Crippen LogP contribution < -0.4 is 0 Å². The molecule has 0 bridgehead atoms. The fraction of sp³-hybridized carbons (Fsp3) is 0.250. The average Bonchev–Trinajstić information content (AvgIpc) is 2.96. The standard InChI is InChI=1S/C20H18N4OS/c1-12-9-17(24-14(3)22-12)16(11-21)19(25)20-13(2)23-18(26-20)10-15-7-5-4-6-8-15/h4-9,16H,10H2,1-3H3. The molecule has 0 radical (unpaired) electrons. The molecule has 0 aliphatic rings. The van der Waals surface area contributed by atoms with Crippen molar-refractivity contribution in [1.29, 1.82) is 5.26 Å². The van der Waals surface area contributed by atoms with Gasteiger partial charge in [0.25, 0.3) is 0 Å². The molecule has 0 saturated carbocycles. The van der Waals surface area contributed by atoms with E-state index >= 15 is 0 Å². The molecule has 3 rings (SSSR count). The second-order valence-electron chi connectivity index (χ2n) is 6.09. The third kappa shape index (κ3) is 3.84. The predicted molar refractivity (Wildman–Crippen MR) is 100 cm³/mol. The molecule has 0 aliphatic heterocycles. The first kappa shape index (κ1) is 17.9. The van der Waals surface area contributed by atoms with Crippen LogP contribution in [-0.2, 0) is 6.42 Å². The van der Waals surface area contributed by atoms with Crippen molar-refractivity contribution in [2.45, 2.75) is 33.1 Å². The number of Topliss-reactive ketones (excluding diaryl/α,β-unsaturated/α-hetero) is 1. The highest BCUT2D eigenvalue weighted by Crippen LogP contribution is 2.27. The maximum Gasteiger partial charge on any atom is 0.197 e. The van der Waals surface area contributed by atoms with Crippen molar-refractivity contribution in [1.82, 2.24) is 15.0 Å². The quantitative estimate of drug-likeness (QED) is 0.642. The third-order valence-electron chi connectivity index (χ3n) is 3.94. The van der Waals surface area contributed by atoms with E-state index in [1.807, 2.05) is 44.2 Å². The van der Waals surface area contributed by atoms with E-state index in [4.69, 9.17) is 0 Å². The monoisotopic (exact) mass is 362 g/mol. The second-order valence-corrected chi connectivity index (χ2v) is 7.18. The molecule has 130 valence electrons. The molecule has 1 unspecified atom stereocenters. The van der Waals surface area contributed by atoms with Gasteiger partial charge in [-0.1, -0.05) is 30.3 Å². The SMILES string of the molecule is Cc1cc(C(C#N)C(=O)c2sc(Cc3ccccc3)nc2C)nc(C)n1. The molecule has 5 nitrogen and oxygen atoms in total. The Morgan fingerprint density at radius 1 is 1.15 bits per heavy atom. The Balaban J connectivity index is 1.90. The van der Waals surface area contributed by atoms with Crippen LogP contribution in [0.1, 0.15) is 49.1 Å². The lowest BCUT2D eigenvalue weighted by atomic mass is 9.99. The van der Waals surface area contributed by atoms with Crippen molar-refractivity contribution in [3.8, 4) is 6.07 Å². The third-order valence-corrected chi connectivity index (χ3v) is 5.11. The van der Waals surface area contributed by atoms with Crippen molar-refractivity contribution < 1.29 is 4.79 Å². The molecule has 1 atom stereocenters. The number of nitrogens with zero attached hydrogens (tertiary/aromatic N) is 4. The molecular formula is C20H18N4OS. The number of ketones is 1. The van der Waals surface area contributed by atoms with Crippen molar-refractivity contribution >= 4 is 17.1 Å². The van der Waals surface area contributed by atoms with E-state index in [1.165, 1.54) is 11.3 Å². The van der Waals surface area contributed by atoms with E-state index < -0.39 is 5.92 Å². The first-order valence-electron chi connectivity index (χ1n) is 8.24. The molecule has 6 heteroatoms. The summed E-state index contributed by atoms with van der Waals surface area (Å²) in [6.07, 6.45) is 0.669. The lowest BCUT2D eigenvalue weighted by molar-refractivity contribution is 0.0980. The van der Waals surface area contributed by atoms with Gasteiger partial charge in [-0.2, -0.15) is 5.26 Å². The summed E-state index contributed by atoms with van der Waals surface area (Å²) in [6.45, 7) is 5.39. The summed E-state index contributed by atoms with van der Waals surface area (Å²) in [5, 5.41) is 10.4. The van der Waals surface area contributed by atoms with Gasteiger partial charge in [-0.05, 0) is 32.4 Å². The number of carbonyl (C=O) groups is 1. The van der Waals surface area contributed by atoms with Crippen LogP contribution in [0.5, 0.6) is 0 Å². The first-order valence-corrected chi connectivity index (χ1v) is 9.06. The molecule has 1 aromatic carbocycles. The van der Waals surface area contributed by atoms with Gasteiger partial charge < -0.3 is 0 Å². The van der Waals surface area contributed by atoms with Crippen LogP contribution >= 0.6 is 11.3 Å². The summed E-state index contributed by atoms with van der Waals surface area (Å²) >= 11 is 1.35. The Kier molecular flexibility index (Phi) is 5.19. The number of carbonyl (C=O) groups excluding carboxylic acids is 1. The molecular weight excluding hydrogens is 344 g/mol. The van der Waals surface area contributed by atoms with Gasteiger partial charge >= 0.3 is 0 Å². The first-order chi connectivity index (χ1) is 12.5. The van der Waals surface area contributed by atoms with Crippen LogP contribution in [0.2, 0.25) is 0 Å². The highest BCUT2D eigenvalue weighted by molar-refractivity contribution is 7.13. The van der Waals surface area contributed by atoms with E-state index in [-0.39, 0.29) is 5.78 Å². The molecule has 3 aromatic rings. The van der Waals surface area contributed by atoms with Crippen LogP contribution in [0.3, 0.4) is 0 Å². The minimum absolute atomic E-state index is 0.251. The van der Waals surface area contributed by atoms with Crippen LogP contribution in [0.25, 0.3) is 0 Å². The largest absolute Gasteiger partial charge is 0.291 e. The van der Waals surface area contributed by atoms with Gasteiger partial charge in [-0.3, -0.25) is 4.79 Å². The minimum Gasteiger partial charge on any atom is -0.291 e. The summed E-state index contributed by atoms with van der Waals surface area (Å²) in [4.78, 5) is 26.5. The van der Waals surface area contributed by atoms with E-state index in [0.717, 1.165) is 16.3 Å². The molecule has 0 saturated heterocycles. The zero-order valence-corrected chi connectivity index (χ0v) is 15.7. The Hall–Kier alpha value is -2.91. The van der Waals surface area contributed by atoms with Gasteiger partial charge in [-0.15, -0.1) is 11.3 Å². The summed E-state index contributed by atoms with van der Waals surface area (Å²) in [6, 6.07) is 13.8. The van der Waals surface area contributed by atoms with E-state index in [0.29, 0.717) is 28.5 Å². The molecule has 2 aromatic heterocycles. The van der Waals surface area contributed by atoms with Crippen LogP contribution in [0, 0.1) is 32.1 Å². The van der Waals surface area contributed by atoms with Gasteiger partial charge in [0, 0.05) is 12.1 Å². The van der Waals surface area contributed by atoms with E-state index in [1.54, 1.807) is 13.0 Å². The molecule has 0 amide bonds. The van der Waals surface area contributed by atoms with Crippen molar-refractivity contribution in [2.24, 2.45) is 0 Å². The minimum atomic E-state index is -0.945. The van der Waals surface area contributed by atoms with Crippen LogP contribution in [-0.4, -0.2) is 20.7 Å². The van der Waals surface area contributed by atoms with Crippen molar-refractivity contribution in [3.05, 3.63) is 74.8 Å². The summed E-state index contributed by atoms with van der Waals surface area (Å²) < 4.78 is 0. The maximum absolute atomic E-state index is 13.0. The second kappa shape index (κ2) is 7.54. The number of aryl methyl sites for hydroxylation is 3. The van der Waals surface area contributed by atoms with Gasteiger partial charge in [0.1, 0.15) is 5.82 Å². The zero-order valence-electron chi connectivity index (χ0n) is 14.9. The average molecular weight is 362 g/mol. The molecule has 0 aliphatic carbocycles. The smallest absolute Gasteiger partial charge is 0.197 e. The van der Waals surface area contributed by atoms with Gasteiger partial charge in [0.05, 0.1) is 27.3 Å². The molecule has 26 heavy (non-hydrogen) atoms. The van der Waals surface area contributed by atoms with Crippen molar-refractivity contribution in [2.75, 3.05) is 0 Å². The Bertz CT molecular complexity index is 969. The highest BCUT2D eigenvalue weighted by Gasteiger charge is 2.27. The lowest BCUT2D eigenvalue weighted by Crippen LogP contribution is -2.14. The molecule has 0 N–H and O–H groups in total. The number of hydrogen-bond acceptors (Lipinski definition) is 6. The predicted octanol–water partition coefficient (Wildman–Crippen LogP) is 3.94. The number of nitriles is 1. The van der Waals surface area contributed by atoms with E-state index in [2.05, 4.69) is 21.0 Å². The Morgan fingerprint density at radius 2 is 1.88 bits per heavy atom.